The third kappa shape index (κ3) is 2.87. The molecule has 0 aromatic rings. The second kappa shape index (κ2) is 7.07. The molecule has 4 rings (SSSR count). The molecule has 2 aliphatic carbocycles. The minimum Gasteiger partial charge on any atom is -0.377 e. The van der Waals surface area contributed by atoms with Gasteiger partial charge in [-0.3, -0.25) is 9.89 Å². The first-order valence-corrected chi connectivity index (χ1v) is 10.5. The van der Waals surface area contributed by atoms with Crippen LogP contribution in [0.1, 0.15) is 51.9 Å². The van der Waals surface area contributed by atoms with Crippen LogP contribution in [0.5, 0.6) is 0 Å². The molecule has 0 bridgehead atoms. The molecule has 2 saturated heterocycles. The number of nitrogens with zero attached hydrogens (tertiary/aromatic N) is 3. The minimum atomic E-state index is 0.390. The average Bonchev–Trinajstić information content (AvgIpc) is 3.35. The van der Waals surface area contributed by atoms with Crippen molar-refractivity contribution in [3.63, 3.8) is 0 Å². The number of ether oxygens (including phenoxy) is 1. The molecule has 0 aromatic heterocycles. The van der Waals surface area contributed by atoms with Crippen LogP contribution in [0.15, 0.2) is 4.99 Å². The van der Waals surface area contributed by atoms with Gasteiger partial charge in [-0.15, -0.1) is 0 Å². The molecule has 4 aliphatic rings. The molecule has 4 unspecified atom stereocenters. The van der Waals surface area contributed by atoms with Crippen molar-refractivity contribution in [3.05, 3.63) is 0 Å². The predicted octanol–water partition coefficient (Wildman–Crippen LogP) is 2.33. The number of aliphatic imine (C=N–C) groups is 1. The Morgan fingerprint density at radius 3 is 2.80 bits per heavy atom. The van der Waals surface area contributed by atoms with E-state index in [0.717, 1.165) is 25.7 Å². The van der Waals surface area contributed by atoms with Crippen molar-refractivity contribution in [1.82, 2.24) is 15.1 Å². The zero-order chi connectivity index (χ0) is 17.4. The summed E-state index contributed by atoms with van der Waals surface area (Å²) in [5, 5.41) is 3.89. The number of likely N-dealkylation sites (tertiary alicyclic amines) is 1. The molecular weight excluding hydrogens is 312 g/mol. The molecule has 142 valence electrons. The van der Waals surface area contributed by atoms with Gasteiger partial charge in [-0.25, -0.2) is 0 Å². The molecule has 2 heterocycles. The Bertz CT molecular complexity index is 502. The largest absolute Gasteiger partial charge is 0.377 e. The Morgan fingerprint density at radius 1 is 1.28 bits per heavy atom. The molecule has 5 heteroatoms. The van der Waals surface area contributed by atoms with Crippen molar-refractivity contribution >= 4 is 5.96 Å². The highest BCUT2D eigenvalue weighted by molar-refractivity contribution is 5.80. The van der Waals surface area contributed by atoms with Gasteiger partial charge in [-0.2, -0.15) is 0 Å². The zero-order valence-electron chi connectivity index (χ0n) is 16.3. The van der Waals surface area contributed by atoms with Crippen LogP contribution in [-0.4, -0.2) is 74.3 Å². The van der Waals surface area contributed by atoms with Gasteiger partial charge in [0.05, 0.1) is 6.10 Å². The monoisotopic (exact) mass is 348 g/mol. The number of nitrogens with one attached hydrogen (secondary N) is 1. The predicted molar refractivity (Wildman–Crippen MR) is 102 cm³/mol. The lowest BCUT2D eigenvalue weighted by Gasteiger charge is -2.57. The van der Waals surface area contributed by atoms with Crippen molar-refractivity contribution in [2.75, 3.05) is 40.3 Å². The van der Waals surface area contributed by atoms with Gasteiger partial charge < -0.3 is 15.0 Å². The quantitative estimate of drug-likeness (QED) is 0.625. The molecule has 5 nitrogen and oxygen atoms in total. The van der Waals surface area contributed by atoms with Gasteiger partial charge in [0, 0.05) is 50.7 Å². The van der Waals surface area contributed by atoms with E-state index < -0.39 is 0 Å². The number of rotatable bonds is 4. The minimum absolute atomic E-state index is 0.390. The third-order valence-electron chi connectivity index (χ3n) is 7.53. The van der Waals surface area contributed by atoms with E-state index in [1.807, 2.05) is 7.05 Å². The summed E-state index contributed by atoms with van der Waals surface area (Å²) in [6.07, 6.45) is 9.79. The summed E-state index contributed by atoms with van der Waals surface area (Å²) in [5.74, 6) is 1.78. The first-order valence-electron chi connectivity index (χ1n) is 10.5. The van der Waals surface area contributed by atoms with Crippen molar-refractivity contribution in [2.24, 2.45) is 16.3 Å². The number of fused-ring (bicyclic) bond motifs is 2. The molecule has 1 N–H and O–H groups in total. The molecule has 4 atom stereocenters. The summed E-state index contributed by atoms with van der Waals surface area (Å²) in [5.41, 5.74) is 0.390. The summed E-state index contributed by atoms with van der Waals surface area (Å²) >= 11 is 0. The molecule has 0 aromatic carbocycles. The van der Waals surface area contributed by atoms with E-state index in [0.29, 0.717) is 29.5 Å². The maximum atomic E-state index is 6.13. The number of hydrogen-bond acceptors (Lipinski definition) is 3. The first kappa shape index (κ1) is 17.6. The van der Waals surface area contributed by atoms with Gasteiger partial charge in [0.2, 0.25) is 0 Å². The van der Waals surface area contributed by atoms with Crippen LogP contribution in [0.25, 0.3) is 0 Å². The Morgan fingerprint density at radius 2 is 2.08 bits per heavy atom. The van der Waals surface area contributed by atoms with Gasteiger partial charge in [0.15, 0.2) is 5.96 Å². The number of hydrogen-bond donors (Lipinski definition) is 1. The van der Waals surface area contributed by atoms with Crippen molar-refractivity contribution in [3.8, 4) is 0 Å². The Hall–Kier alpha value is -0.810. The maximum absolute atomic E-state index is 6.13. The number of guanidine groups is 1. The van der Waals surface area contributed by atoms with Crippen molar-refractivity contribution in [1.29, 1.82) is 0 Å². The van der Waals surface area contributed by atoms with Crippen LogP contribution in [0.4, 0.5) is 0 Å². The summed E-state index contributed by atoms with van der Waals surface area (Å²) in [6.45, 7) is 6.74. The van der Waals surface area contributed by atoms with E-state index in [4.69, 9.17) is 4.74 Å². The van der Waals surface area contributed by atoms with E-state index >= 15 is 0 Å². The second-order valence-electron chi connectivity index (χ2n) is 8.66. The first-order chi connectivity index (χ1) is 12.2. The lowest BCUT2D eigenvalue weighted by molar-refractivity contribution is -0.125. The fraction of sp³-hybridized carbons (Fsp3) is 0.950. The van der Waals surface area contributed by atoms with Crippen molar-refractivity contribution < 1.29 is 4.74 Å². The van der Waals surface area contributed by atoms with Gasteiger partial charge >= 0.3 is 0 Å². The Labute approximate surface area is 153 Å². The third-order valence-corrected chi connectivity index (χ3v) is 7.53. The Balaban J connectivity index is 1.41. The normalized spacial score (nSPS) is 37.3. The van der Waals surface area contributed by atoms with Crippen LogP contribution in [0.2, 0.25) is 0 Å². The van der Waals surface area contributed by atoms with Crippen LogP contribution in [0.3, 0.4) is 0 Å². The smallest absolute Gasteiger partial charge is 0.193 e. The molecule has 4 fully saturated rings. The van der Waals surface area contributed by atoms with E-state index in [9.17, 15) is 0 Å². The van der Waals surface area contributed by atoms with E-state index in [1.54, 1.807) is 0 Å². The van der Waals surface area contributed by atoms with Gasteiger partial charge in [0.1, 0.15) is 0 Å². The topological polar surface area (TPSA) is 40.1 Å². The lowest BCUT2D eigenvalue weighted by atomic mass is 9.54. The molecule has 25 heavy (non-hydrogen) atoms. The van der Waals surface area contributed by atoms with E-state index in [-0.39, 0.29) is 0 Å². The molecule has 0 amide bonds. The summed E-state index contributed by atoms with van der Waals surface area (Å²) < 4.78 is 6.13. The zero-order valence-corrected chi connectivity index (χ0v) is 16.3. The van der Waals surface area contributed by atoms with E-state index in [1.165, 1.54) is 51.5 Å². The van der Waals surface area contributed by atoms with Crippen LogP contribution in [-0.2, 0) is 4.74 Å². The summed E-state index contributed by atoms with van der Waals surface area (Å²) in [6, 6.07) is 1.24. The highest BCUT2D eigenvalue weighted by Crippen LogP contribution is 2.60. The maximum Gasteiger partial charge on any atom is 0.193 e. The highest BCUT2D eigenvalue weighted by Gasteiger charge is 2.65. The highest BCUT2D eigenvalue weighted by atomic mass is 16.5. The standard InChI is InChI=1S/C20H36N4O/c1-4-24-12-7-8-15(24)14-23(3)19(21-2)22-17-16-9-13-25-18(16)20(17)10-5-6-11-20/h15-18H,4-14H2,1-3H3,(H,21,22). The summed E-state index contributed by atoms with van der Waals surface area (Å²) in [7, 11) is 4.15. The number of likely N-dealkylation sites (N-methyl/N-ethyl adjacent to an activating group) is 2. The average molecular weight is 349 g/mol. The molecule has 2 saturated carbocycles. The molecular formula is C20H36N4O. The molecule has 2 aliphatic heterocycles. The SMILES string of the molecule is CCN1CCCC1CN(C)C(=NC)NC1C2CCOC2C12CCCC2. The Kier molecular flexibility index (Phi) is 4.98. The molecule has 1 spiro atoms. The molecule has 0 radical (unpaired) electrons. The van der Waals surface area contributed by atoms with E-state index in [2.05, 4.69) is 34.1 Å². The van der Waals surface area contributed by atoms with Crippen molar-refractivity contribution in [2.45, 2.75) is 70.1 Å². The van der Waals surface area contributed by atoms with Crippen LogP contribution >= 0.6 is 0 Å². The fourth-order valence-electron chi connectivity index (χ4n) is 6.31. The van der Waals surface area contributed by atoms with Gasteiger partial charge in [-0.1, -0.05) is 19.8 Å². The summed E-state index contributed by atoms with van der Waals surface area (Å²) in [4.78, 5) is 9.63. The lowest BCUT2D eigenvalue weighted by Crippen LogP contribution is -2.69. The second-order valence-corrected chi connectivity index (χ2v) is 8.66. The van der Waals surface area contributed by atoms with Crippen LogP contribution in [0, 0.1) is 11.3 Å². The van der Waals surface area contributed by atoms with Crippen LogP contribution < -0.4 is 5.32 Å². The fourth-order valence-corrected chi connectivity index (χ4v) is 6.31. The van der Waals surface area contributed by atoms with Gasteiger partial charge in [-0.05, 0) is 45.2 Å². The van der Waals surface area contributed by atoms with Gasteiger partial charge in [0.25, 0.3) is 0 Å².